The summed E-state index contributed by atoms with van der Waals surface area (Å²) in [7, 11) is -3.59. The molecule has 1 amide bonds. The van der Waals surface area contributed by atoms with Gasteiger partial charge >= 0.3 is 5.97 Å². The monoisotopic (exact) mass is 418 g/mol. The molecule has 0 aliphatic rings. The molecule has 0 aliphatic carbocycles. The van der Waals surface area contributed by atoms with Crippen LogP contribution in [0.15, 0.2) is 59.5 Å². The zero-order valence-corrected chi connectivity index (χ0v) is 17.6. The van der Waals surface area contributed by atoms with Crippen LogP contribution in [-0.2, 0) is 19.6 Å². The van der Waals surface area contributed by atoms with E-state index in [1.54, 1.807) is 13.8 Å². The number of amides is 1. The summed E-state index contributed by atoms with van der Waals surface area (Å²) in [5.74, 6) is -1.12. The van der Waals surface area contributed by atoms with Crippen LogP contribution in [0.5, 0.6) is 0 Å². The molecule has 0 aliphatic heterocycles. The van der Waals surface area contributed by atoms with Gasteiger partial charge in [-0.1, -0.05) is 44.2 Å². The minimum absolute atomic E-state index is 0.104. The molecule has 2 aromatic carbocycles. The fourth-order valence-corrected chi connectivity index (χ4v) is 4.26. The molecule has 0 fully saturated rings. The zero-order valence-electron chi connectivity index (χ0n) is 16.8. The normalized spacial score (nSPS) is 12.4. The molecule has 0 spiro atoms. The third kappa shape index (κ3) is 5.88. The lowest BCUT2D eigenvalue weighted by Gasteiger charge is -2.18. The van der Waals surface area contributed by atoms with Gasteiger partial charge in [-0.05, 0) is 36.8 Å². The molecule has 8 heteroatoms. The summed E-state index contributed by atoms with van der Waals surface area (Å²) in [5.41, 5.74) is 1.12. The smallest absolute Gasteiger partial charge is 0.338 e. The highest BCUT2D eigenvalue weighted by molar-refractivity contribution is 7.89. The van der Waals surface area contributed by atoms with Gasteiger partial charge in [-0.3, -0.25) is 4.79 Å². The Labute approximate surface area is 171 Å². The summed E-state index contributed by atoms with van der Waals surface area (Å²) >= 11 is 0. The number of sulfonamides is 1. The van der Waals surface area contributed by atoms with Gasteiger partial charge < -0.3 is 10.1 Å². The minimum Gasteiger partial charge on any atom is -0.452 e. The van der Waals surface area contributed by atoms with Crippen LogP contribution in [0, 0.1) is 0 Å². The van der Waals surface area contributed by atoms with E-state index in [4.69, 9.17) is 4.74 Å². The van der Waals surface area contributed by atoms with Crippen molar-refractivity contribution in [2.24, 2.45) is 0 Å². The Balaban J connectivity index is 1.93. The van der Waals surface area contributed by atoms with E-state index >= 15 is 0 Å². The van der Waals surface area contributed by atoms with E-state index in [9.17, 15) is 18.0 Å². The predicted octanol–water partition coefficient (Wildman–Crippen LogP) is 2.75. The van der Waals surface area contributed by atoms with Crippen LogP contribution < -0.4 is 5.32 Å². The highest BCUT2D eigenvalue weighted by atomic mass is 32.2. The third-order valence-electron chi connectivity index (χ3n) is 4.44. The van der Waals surface area contributed by atoms with E-state index in [1.165, 1.54) is 28.6 Å². The highest BCUT2D eigenvalue weighted by Crippen LogP contribution is 2.17. The fraction of sp³-hybridized carbons (Fsp3) is 0.333. The second kappa shape index (κ2) is 10.2. The van der Waals surface area contributed by atoms with Crippen molar-refractivity contribution in [3.8, 4) is 0 Å². The summed E-state index contributed by atoms with van der Waals surface area (Å²) < 4.78 is 31.3. The summed E-state index contributed by atoms with van der Waals surface area (Å²) in [6.45, 7) is 5.66. The van der Waals surface area contributed by atoms with Crippen molar-refractivity contribution in [1.82, 2.24) is 9.62 Å². The van der Waals surface area contributed by atoms with Gasteiger partial charge in [0.05, 0.1) is 16.5 Å². The molecule has 2 rings (SSSR count). The van der Waals surface area contributed by atoms with Gasteiger partial charge in [0.2, 0.25) is 10.0 Å². The number of carbonyl (C=O) groups is 2. The first kappa shape index (κ1) is 22.6. The number of hydrogen-bond donors (Lipinski definition) is 1. The van der Waals surface area contributed by atoms with E-state index in [1.807, 2.05) is 37.3 Å². The molecule has 0 aromatic heterocycles. The van der Waals surface area contributed by atoms with E-state index < -0.39 is 28.5 Å². The Bertz CT molecular complexity index is 923. The number of nitrogens with one attached hydrogen (secondary N) is 1. The quantitative estimate of drug-likeness (QED) is 0.632. The first-order valence-electron chi connectivity index (χ1n) is 9.41. The van der Waals surface area contributed by atoms with Crippen LogP contribution in [0.3, 0.4) is 0 Å². The Hall–Kier alpha value is -2.71. The lowest BCUT2D eigenvalue weighted by Crippen LogP contribution is -2.31. The second-order valence-electron chi connectivity index (χ2n) is 6.39. The van der Waals surface area contributed by atoms with Gasteiger partial charge in [-0.2, -0.15) is 4.31 Å². The number of benzene rings is 2. The number of esters is 1. The molecule has 0 saturated carbocycles. The van der Waals surface area contributed by atoms with Crippen LogP contribution in [0.1, 0.15) is 42.7 Å². The molecular formula is C21H26N2O5S. The number of ether oxygens (including phenoxy) is 1. The first-order chi connectivity index (χ1) is 13.8. The van der Waals surface area contributed by atoms with Gasteiger partial charge in [0.15, 0.2) is 6.61 Å². The number of hydrogen-bond acceptors (Lipinski definition) is 5. The topological polar surface area (TPSA) is 92.8 Å². The van der Waals surface area contributed by atoms with E-state index in [-0.39, 0.29) is 16.5 Å². The van der Waals surface area contributed by atoms with Crippen molar-refractivity contribution in [3.63, 3.8) is 0 Å². The summed E-state index contributed by atoms with van der Waals surface area (Å²) in [4.78, 5) is 24.3. The maximum atomic E-state index is 12.5. The van der Waals surface area contributed by atoms with Gasteiger partial charge in [-0.15, -0.1) is 0 Å². The second-order valence-corrected chi connectivity index (χ2v) is 8.33. The van der Waals surface area contributed by atoms with E-state index in [0.717, 1.165) is 5.56 Å². The lowest BCUT2D eigenvalue weighted by molar-refractivity contribution is -0.124. The number of nitrogens with zero attached hydrogens (tertiary/aromatic N) is 1. The molecule has 1 unspecified atom stereocenters. The zero-order chi connectivity index (χ0) is 21.4. The fourth-order valence-electron chi connectivity index (χ4n) is 2.80. The third-order valence-corrected chi connectivity index (χ3v) is 6.51. The molecule has 2 aromatic rings. The van der Waals surface area contributed by atoms with Crippen molar-refractivity contribution in [2.75, 3.05) is 19.7 Å². The average Bonchev–Trinajstić information content (AvgIpc) is 2.73. The molecular weight excluding hydrogens is 392 g/mol. The SMILES string of the molecule is CCN(CC)S(=O)(=O)c1ccc(C(=O)OCC(=O)NC(C)c2ccccc2)cc1. The molecule has 0 heterocycles. The standard InChI is InChI=1S/C21H26N2O5S/c1-4-23(5-2)29(26,27)19-13-11-18(12-14-19)21(25)28-15-20(24)22-16(3)17-9-7-6-8-10-17/h6-14,16H,4-5,15H2,1-3H3,(H,22,24). The molecule has 7 nitrogen and oxygen atoms in total. The van der Waals surface area contributed by atoms with Crippen LogP contribution in [0.25, 0.3) is 0 Å². The molecule has 29 heavy (non-hydrogen) atoms. The maximum absolute atomic E-state index is 12.5. The van der Waals surface area contributed by atoms with Crippen LogP contribution in [0.4, 0.5) is 0 Å². The molecule has 1 N–H and O–H groups in total. The number of rotatable bonds is 9. The summed E-state index contributed by atoms with van der Waals surface area (Å²) in [6.07, 6.45) is 0. The average molecular weight is 419 g/mol. The van der Waals surface area contributed by atoms with Crippen LogP contribution in [0.2, 0.25) is 0 Å². The Morgan fingerprint density at radius 1 is 1.00 bits per heavy atom. The Morgan fingerprint density at radius 3 is 2.14 bits per heavy atom. The Morgan fingerprint density at radius 2 is 1.59 bits per heavy atom. The predicted molar refractivity (Wildman–Crippen MR) is 110 cm³/mol. The van der Waals surface area contributed by atoms with Gasteiger partial charge in [0.1, 0.15) is 0 Å². The largest absolute Gasteiger partial charge is 0.452 e. The summed E-state index contributed by atoms with van der Waals surface area (Å²) in [6, 6.07) is 14.7. The first-order valence-corrected chi connectivity index (χ1v) is 10.8. The highest BCUT2D eigenvalue weighted by Gasteiger charge is 2.22. The maximum Gasteiger partial charge on any atom is 0.338 e. The van der Waals surface area contributed by atoms with Crippen molar-refractivity contribution in [1.29, 1.82) is 0 Å². The summed E-state index contributed by atoms with van der Waals surface area (Å²) in [5, 5.41) is 2.76. The van der Waals surface area contributed by atoms with Crippen molar-refractivity contribution >= 4 is 21.9 Å². The Kier molecular flexibility index (Phi) is 7.92. The molecule has 1 atom stereocenters. The minimum atomic E-state index is -3.59. The van der Waals surface area contributed by atoms with E-state index in [0.29, 0.717) is 13.1 Å². The van der Waals surface area contributed by atoms with E-state index in [2.05, 4.69) is 5.32 Å². The van der Waals surface area contributed by atoms with Crippen molar-refractivity contribution in [2.45, 2.75) is 31.7 Å². The lowest BCUT2D eigenvalue weighted by atomic mass is 10.1. The van der Waals surface area contributed by atoms with Crippen molar-refractivity contribution < 1.29 is 22.7 Å². The molecule has 0 bridgehead atoms. The molecule has 156 valence electrons. The number of carbonyl (C=O) groups excluding carboxylic acids is 2. The van der Waals surface area contributed by atoms with Gasteiger partial charge in [0.25, 0.3) is 5.91 Å². The van der Waals surface area contributed by atoms with Crippen molar-refractivity contribution in [3.05, 3.63) is 65.7 Å². The van der Waals surface area contributed by atoms with Crippen LogP contribution in [-0.4, -0.2) is 44.3 Å². The molecule has 0 saturated heterocycles. The van der Waals surface area contributed by atoms with Crippen LogP contribution >= 0.6 is 0 Å². The van der Waals surface area contributed by atoms with Gasteiger partial charge in [0, 0.05) is 13.1 Å². The molecule has 0 radical (unpaired) electrons. The van der Waals surface area contributed by atoms with Gasteiger partial charge in [-0.25, -0.2) is 13.2 Å².